The molecule has 0 unspecified atom stereocenters. The highest BCUT2D eigenvalue weighted by Crippen LogP contribution is 2.13. The lowest BCUT2D eigenvalue weighted by atomic mass is 10.1. The summed E-state index contributed by atoms with van der Waals surface area (Å²) >= 11 is 0. The first-order valence-electron chi connectivity index (χ1n) is 8.37. The van der Waals surface area contributed by atoms with Crippen LogP contribution < -0.4 is 10.9 Å². The molecule has 128 valence electrons. The molecule has 2 aromatic heterocycles. The minimum absolute atomic E-state index is 0.150. The molecule has 0 radical (unpaired) electrons. The predicted octanol–water partition coefficient (Wildman–Crippen LogP) is 2.83. The monoisotopic (exact) mass is 335 g/mol. The van der Waals surface area contributed by atoms with Gasteiger partial charge in [-0.25, -0.2) is 4.98 Å². The van der Waals surface area contributed by atoms with E-state index in [2.05, 4.69) is 10.3 Å². The molecular formula is C20H21N3O2. The van der Waals surface area contributed by atoms with Crippen molar-refractivity contribution in [3.8, 4) is 0 Å². The third kappa shape index (κ3) is 3.76. The van der Waals surface area contributed by atoms with E-state index in [1.54, 1.807) is 22.9 Å². The average Bonchev–Trinajstić information content (AvgIpc) is 2.62. The first kappa shape index (κ1) is 16.9. The van der Waals surface area contributed by atoms with E-state index in [1.165, 1.54) is 0 Å². The number of benzene rings is 1. The number of aromatic nitrogens is 2. The van der Waals surface area contributed by atoms with Gasteiger partial charge in [-0.3, -0.25) is 14.2 Å². The molecule has 0 fully saturated rings. The third-order valence-electron chi connectivity index (χ3n) is 3.95. The van der Waals surface area contributed by atoms with Gasteiger partial charge in [0.05, 0.1) is 6.54 Å². The standard InChI is InChI=1S/C20H21N3O2/c1-14(2)12-22-19(24)17-11-16-9-6-10-21-18(16)23(20(17)25)13-15-7-4-3-5-8-15/h3-11,14H,12-13H2,1-2H3,(H,22,24). The molecule has 3 aromatic rings. The molecule has 25 heavy (non-hydrogen) atoms. The molecule has 2 heterocycles. The molecule has 0 spiro atoms. The normalized spacial score (nSPS) is 11.0. The number of fused-ring (bicyclic) bond motifs is 1. The highest BCUT2D eigenvalue weighted by atomic mass is 16.2. The van der Waals surface area contributed by atoms with Gasteiger partial charge in [0.1, 0.15) is 11.2 Å². The summed E-state index contributed by atoms with van der Waals surface area (Å²) in [5.74, 6) is -0.0242. The quantitative estimate of drug-likeness (QED) is 0.780. The highest BCUT2D eigenvalue weighted by molar-refractivity contribution is 5.96. The largest absolute Gasteiger partial charge is 0.352 e. The first-order chi connectivity index (χ1) is 12.1. The fourth-order valence-electron chi connectivity index (χ4n) is 2.67. The lowest BCUT2D eigenvalue weighted by Gasteiger charge is -2.13. The van der Waals surface area contributed by atoms with Gasteiger partial charge in [-0.05, 0) is 29.7 Å². The van der Waals surface area contributed by atoms with Crippen LogP contribution in [0.5, 0.6) is 0 Å². The van der Waals surface area contributed by atoms with Gasteiger partial charge in [-0.2, -0.15) is 0 Å². The zero-order valence-corrected chi connectivity index (χ0v) is 14.4. The van der Waals surface area contributed by atoms with Crippen molar-refractivity contribution in [3.63, 3.8) is 0 Å². The topological polar surface area (TPSA) is 64.0 Å². The Morgan fingerprint density at radius 3 is 2.64 bits per heavy atom. The lowest BCUT2D eigenvalue weighted by Crippen LogP contribution is -2.35. The summed E-state index contributed by atoms with van der Waals surface area (Å²) in [4.78, 5) is 29.8. The van der Waals surface area contributed by atoms with E-state index >= 15 is 0 Å². The van der Waals surface area contributed by atoms with E-state index in [9.17, 15) is 9.59 Å². The molecule has 0 saturated heterocycles. The average molecular weight is 335 g/mol. The summed E-state index contributed by atoms with van der Waals surface area (Å²) in [6, 6.07) is 15.0. The Balaban J connectivity index is 2.09. The second kappa shape index (κ2) is 7.30. The van der Waals surface area contributed by atoms with Crippen molar-refractivity contribution in [3.05, 3.63) is 76.2 Å². The van der Waals surface area contributed by atoms with Crippen LogP contribution in [0.2, 0.25) is 0 Å². The minimum Gasteiger partial charge on any atom is -0.352 e. The van der Waals surface area contributed by atoms with Gasteiger partial charge in [-0.1, -0.05) is 44.2 Å². The number of hydrogen-bond acceptors (Lipinski definition) is 3. The lowest BCUT2D eigenvalue weighted by molar-refractivity contribution is 0.0947. The van der Waals surface area contributed by atoms with E-state index < -0.39 is 0 Å². The third-order valence-corrected chi connectivity index (χ3v) is 3.95. The van der Waals surface area contributed by atoms with Crippen LogP contribution in [0.15, 0.2) is 59.5 Å². The SMILES string of the molecule is CC(C)CNC(=O)c1cc2cccnc2n(Cc2ccccc2)c1=O. The number of hydrogen-bond donors (Lipinski definition) is 1. The van der Waals surface area contributed by atoms with Crippen LogP contribution in [0, 0.1) is 5.92 Å². The Bertz CT molecular complexity index is 946. The summed E-state index contributed by atoms with van der Waals surface area (Å²) < 4.78 is 1.56. The Kier molecular flexibility index (Phi) is 4.93. The van der Waals surface area contributed by atoms with Crippen molar-refractivity contribution in [2.45, 2.75) is 20.4 Å². The van der Waals surface area contributed by atoms with Gasteiger partial charge in [0.2, 0.25) is 0 Å². The number of carbonyl (C=O) groups is 1. The maximum atomic E-state index is 12.9. The van der Waals surface area contributed by atoms with E-state index in [4.69, 9.17) is 0 Å². The molecule has 1 aromatic carbocycles. The molecular weight excluding hydrogens is 314 g/mol. The minimum atomic E-state index is -0.341. The van der Waals surface area contributed by atoms with Gasteiger partial charge in [0, 0.05) is 18.1 Å². The summed E-state index contributed by atoms with van der Waals surface area (Å²) in [6.45, 7) is 4.93. The van der Waals surface area contributed by atoms with E-state index in [0.717, 1.165) is 10.9 Å². The molecule has 0 aliphatic carbocycles. The van der Waals surface area contributed by atoms with Crippen LogP contribution in [0.1, 0.15) is 29.8 Å². The summed E-state index contributed by atoms with van der Waals surface area (Å²) in [7, 11) is 0. The molecule has 1 N–H and O–H groups in total. The Hall–Kier alpha value is -2.95. The van der Waals surface area contributed by atoms with Crippen molar-refractivity contribution in [2.75, 3.05) is 6.54 Å². The Morgan fingerprint density at radius 2 is 1.92 bits per heavy atom. The number of nitrogens with one attached hydrogen (secondary N) is 1. The Morgan fingerprint density at radius 1 is 1.16 bits per heavy atom. The van der Waals surface area contributed by atoms with Crippen molar-refractivity contribution in [1.29, 1.82) is 0 Å². The molecule has 5 nitrogen and oxygen atoms in total. The fraction of sp³-hybridized carbons (Fsp3) is 0.250. The van der Waals surface area contributed by atoms with Crippen molar-refractivity contribution in [1.82, 2.24) is 14.9 Å². The van der Waals surface area contributed by atoms with Crippen molar-refractivity contribution in [2.24, 2.45) is 5.92 Å². The molecule has 5 heteroatoms. The van der Waals surface area contributed by atoms with E-state index in [-0.39, 0.29) is 17.0 Å². The van der Waals surface area contributed by atoms with Gasteiger partial charge in [0.25, 0.3) is 11.5 Å². The second-order valence-electron chi connectivity index (χ2n) is 6.46. The van der Waals surface area contributed by atoms with Crippen LogP contribution in [0.3, 0.4) is 0 Å². The number of nitrogens with zero attached hydrogens (tertiary/aromatic N) is 2. The van der Waals surface area contributed by atoms with Gasteiger partial charge in [-0.15, -0.1) is 0 Å². The molecule has 0 aliphatic heterocycles. The van der Waals surface area contributed by atoms with Gasteiger partial charge >= 0.3 is 0 Å². The van der Waals surface area contributed by atoms with Crippen LogP contribution in [0.4, 0.5) is 0 Å². The van der Waals surface area contributed by atoms with Gasteiger partial charge < -0.3 is 5.32 Å². The maximum Gasteiger partial charge on any atom is 0.265 e. The zero-order valence-electron chi connectivity index (χ0n) is 14.4. The van der Waals surface area contributed by atoms with Gasteiger partial charge in [0.15, 0.2) is 0 Å². The molecule has 0 bridgehead atoms. The molecule has 0 saturated carbocycles. The zero-order chi connectivity index (χ0) is 17.8. The van der Waals surface area contributed by atoms with Crippen molar-refractivity contribution < 1.29 is 4.79 Å². The van der Waals surface area contributed by atoms with Crippen molar-refractivity contribution >= 4 is 16.9 Å². The van der Waals surface area contributed by atoms with Crippen LogP contribution in [-0.4, -0.2) is 22.0 Å². The van der Waals surface area contributed by atoms with Crippen LogP contribution >= 0.6 is 0 Å². The Labute approximate surface area is 146 Å². The highest BCUT2D eigenvalue weighted by Gasteiger charge is 2.16. The fourth-order valence-corrected chi connectivity index (χ4v) is 2.67. The summed E-state index contributed by atoms with van der Waals surface area (Å²) in [5, 5.41) is 3.59. The number of carbonyl (C=O) groups excluding carboxylic acids is 1. The summed E-state index contributed by atoms with van der Waals surface area (Å²) in [6.07, 6.45) is 1.65. The molecule has 3 rings (SSSR count). The van der Waals surface area contributed by atoms with Crippen LogP contribution in [-0.2, 0) is 6.54 Å². The van der Waals surface area contributed by atoms with E-state index in [0.29, 0.717) is 24.7 Å². The van der Waals surface area contributed by atoms with E-state index in [1.807, 2.05) is 50.2 Å². The molecule has 0 atom stereocenters. The molecule has 0 aliphatic rings. The second-order valence-corrected chi connectivity index (χ2v) is 6.46. The smallest absolute Gasteiger partial charge is 0.265 e. The maximum absolute atomic E-state index is 12.9. The number of amides is 1. The number of rotatable bonds is 5. The van der Waals surface area contributed by atoms with Crippen LogP contribution in [0.25, 0.3) is 11.0 Å². The molecule has 1 amide bonds. The predicted molar refractivity (Wildman–Crippen MR) is 98.7 cm³/mol. The number of pyridine rings is 2. The summed E-state index contributed by atoms with van der Waals surface area (Å²) in [5.41, 5.74) is 1.39. The first-order valence-corrected chi connectivity index (χ1v) is 8.37.